The molecule has 0 atom stereocenters. The first-order chi connectivity index (χ1) is 13.6. The summed E-state index contributed by atoms with van der Waals surface area (Å²) in [7, 11) is 1.76. The van der Waals surface area contributed by atoms with Crippen LogP contribution in [0.3, 0.4) is 0 Å². The summed E-state index contributed by atoms with van der Waals surface area (Å²) >= 11 is 0. The van der Waals surface area contributed by atoms with E-state index in [1.54, 1.807) is 11.9 Å². The molecule has 0 fully saturated rings. The molecule has 0 aromatic heterocycles. The van der Waals surface area contributed by atoms with Crippen LogP contribution < -0.4 is 4.90 Å². The number of benzene rings is 2. The molecule has 1 heterocycles. The zero-order valence-corrected chi connectivity index (χ0v) is 15.8. The van der Waals surface area contributed by atoms with Crippen molar-refractivity contribution in [3.05, 3.63) is 65.2 Å². The average molecular weight is 374 g/mol. The van der Waals surface area contributed by atoms with Crippen LogP contribution >= 0.6 is 0 Å². The van der Waals surface area contributed by atoms with Crippen LogP contribution in [0.25, 0.3) is 0 Å². The van der Waals surface area contributed by atoms with Gasteiger partial charge in [-0.25, -0.2) is 0 Å². The third kappa shape index (κ3) is 4.66. The molecule has 142 valence electrons. The molecule has 3 rings (SSSR count). The normalized spacial score (nSPS) is 13.1. The first-order valence-corrected chi connectivity index (χ1v) is 9.28. The molecule has 2 aromatic rings. The Morgan fingerprint density at radius 3 is 2.71 bits per heavy atom. The topological polar surface area (TPSA) is 70.0 Å². The maximum absolute atomic E-state index is 12.3. The molecule has 0 saturated carbocycles. The van der Waals surface area contributed by atoms with Crippen molar-refractivity contribution in [2.24, 2.45) is 4.99 Å². The van der Waals surface area contributed by atoms with E-state index in [0.29, 0.717) is 12.8 Å². The largest absolute Gasteiger partial charge is 0.481 e. The number of amides is 1. The van der Waals surface area contributed by atoms with E-state index < -0.39 is 5.97 Å². The lowest BCUT2D eigenvalue weighted by molar-refractivity contribution is -0.137. The van der Waals surface area contributed by atoms with Crippen molar-refractivity contribution in [1.82, 2.24) is 0 Å². The third-order valence-corrected chi connectivity index (χ3v) is 4.58. The lowest BCUT2D eigenvalue weighted by Gasteiger charge is -2.18. The van der Waals surface area contributed by atoms with Gasteiger partial charge in [-0.1, -0.05) is 42.2 Å². The number of aliphatic imine (C=N–C) groups is 1. The van der Waals surface area contributed by atoms with E-state index in [1.807, 2.05) is 48.5 Å². The molecule has 2 aromatic carbocycles. The Hall–Kier alpha value is -3.39. The molecule has 0 unspecified atom stereocenters. The van der Waals surface area contributed by atoms with Crippen molar-refractivity contribution in [2.75, 3.05) is 18.5 Å². The van der Waals surface area contributed by atoms with Gasteiger partial charge in [0.05, 0.1) is 11.4 Å². The van der Waals surface area contributed by atoms with Gasteiger partial charge in [0, 0.05) is 36.6 Å². The fourth-order valence-electron chi connectivity index (χ4n) is 3.07. The van der Waals surface area contributed by atoms with Gasteiger partial charge >= 0.3 is 5.97 Å². The van der Waals surface area contributed by atoms with Gasteiger partial charge in [0.15, 0.2) is 0 Å². The minimum Gasteiger partial charge on any atom is -0.481 e. The van der Waals surface area contributed by atoms with Gasteiger partial charge in [0.2, 0.25) is 5.91 Å². The van der Waals surface area contributed by atoms with Gasteiger partial charge in [-0.2, -0.15) is 0 Å². The van der Waals surface area contributed by atoms with Crippen molar-refractivity contribution in [3.63, 3.8) is 0 Å². The van der Waals surface area contributed by atoms with Crippen LogP contribution in [0.4, 0.5) is 5.69 Å². The van der Waals surface area contributed by atoms with Crippen LogP contribution in [0.2, 0.25) is 0 Å². The molecule has 1 aliphatic rings. The summed E-state index contributed by atoms with van der Waals surface area (Å²) in [5, 5.41) is 8.67. The van der Waals surface area contributed by atoms with Gasteiger partial charge < -0.3 is 10.0 Å². The zero-order valence-electron chi connectivity index (χ0n) is 15.8. The molecular weight excluding hydrogens is 352 g/mol. The summed E-state index contributed by atoms with van der Waals surface area (Å²) in [6.07, 6.45) is 2.23. The van der Waals surface area contributed by atoms with Gasteiger partial charge in [-0.15, -0.1) is 0 Å². The molecule has 5 nitrogen and oxygen atoms in total. The standard InChI is InChI=1S/C23H22N2O3/c1-25-20-14-13-17(9-5-2-3-8-12-22(27)28)15-19(20)23(24-16-21(25)26)18-10-6-4-7-11-18/h4,6-7,10-11,13-15H,2-3,8,12,16H2,1H3,(H,27,28). The lowest BCUT2D eigenvalue weighted by Crippen LogP contribution is -2.27. The molecule has 0 aliphatic carbocycles. The average Bonchev–Trinajstić information content (AvgIpc) is 2.82. The van der Waals surface area contributed by atoms with Crippen molar-refractivity contribution >= 4 is 23.3 Å². The second-order valence-electron chi connectivity index (χ2n) is 6.62. The predicted octanol–water partition coefficient (Wildman–Crippen LogP) is 3.50. The van der Waals surface area contributed by atoms with Gasteiger partial charge in [0.25, 0.3) is 0 Å². The summed E-state index contributed by atoms with van der Waals surface area (Å²) in [6.45, 7) is 0.111. The van der Waals surface area contributed by atoms with Crippen molar-refractivity contribution < 1.29 is 14.7 Å². The fourth-order valence-corrected chi connectivity index (χ4v) is 3.07. The number of rotatable bonds is 5. The van der Waals surface area contributed by atoms with Crippen molar-refractivity contribution in [2.45, 2.75) is 25.7 Å². The Labute approximate surface area is 164 Å². The number of carbonyl (C=O) groups is 2. The number of hydrogen-bond acceptors (Lipinski definition) is 3. The van der Waals surface area contributed by atoms with E-state index in [-0.39, 0.29) is 18.9 Å². The molecule has 0 radical (unpaired) electrons. The van der Waals surface area contributed by atoms with Crippen LogP contribution in [0, 0.1) is 11.8 Å². The summed E-state index contributed by atoms with van der Waals surface area (Å²) in [5.41, 5.74) is 4.31. The van der Waals surface area contributed by atoms with E-state index in [2.05, 4.69) is 16.8 Å². The number of hydrogen-bond donors (Lipinski definition) is 1. The maximum Gasteiger partial charge on any atom is 0.303 e. The van der Waals surface area contributed by atoms with Crippen LogP contribution in [-0.2, 0) is 9.59 Å². The minimum atomic E-state index is -0.773. The summed E-state index contributed by atoms with van der Waals surface area (Å²) in [6, 6.07) is 15.6. The predicted molar refractivity (Wildman–Crippen MR) is 110 cm³/mol. The van der Waals surface area contributed by atoms with Crippen LogP contribution in [0.1, 0.15) is 42.4 Å². The first kappa shape index (κ1) is 19.4. The van der Waals surface area contributed by atoms with Crippen molar-refractivity contribution in [3.8, 4) is 11.8 Å². The molecule has 0 saturated heterocycles. The van der Waals surface area contributed by atoms with Crippen LogP contribution in [0.5, 0.6) is 0 Å². The number of aliphatic carboxylic acids is 1. The molecule has 0 spiro atoms. The summed E-state index contributed by atoms with van der Waals surface area (Å²) in [4.78, 5) is 29.1. The monoisotopic (exact) mass is 374 g/mol. The van der Waals surface area contributed by atoms with Gasteiger partial charge in [-0.05, 0) is 31.0 Å². The third-order valence-electron chi connectivity index (χ3n) is 4.58. The summed E-state index contributed by atoms with van der Waals surface area (Å²) in [5.74, 6) is 5.43. The molecular formula is C23H22N2O3. The SMILES string of the molecule is CN1C(=O)CN=C(c2ccccc2)c2cc(C#CCCCCC(=O)O)ccc21. The highest BCUT2D eigenvalue weighted by Crippen LogP contribution is 2.27. The molecule has 28 heavy (non-hydrogen) atoms. The Kier molecular flexibility index (Phi) is 6.23. The molecule has 1 aliphatic heterocycles. The van der Waals surface area contributed by atoms with Crippen LogP contribution in [0.15, 0.2) is 53.5 Å². The van der Waals surface area contributed by atoms with E-state index >= 15 is 0 Å². The zero-order chi connectivity index (χ0) is 19.9. The number of carboxylic acids is 1. The molecule has 0 bridgehead atoms. The van der Waals surface area contributed by atoms with E-state index in [0.717, 1.165) is 34.5 Å². The van der Waals surface area contributed by atoms with Crippen molar-refractivity contribution in [1.29, 1.82) is 0 Å². The Morgan fingerprint density at radius 1 is 1.18 bits per heavy atom. The lowest BCUT2D eigenvalue weighted by atomic mass is 9.98. The van der Waals surface area contributed by atoms with Gasteiger partial charge in [-0.3, -0.25) is 14.6 Å². The Bertz CT molecular complexity index is 968. The molecule has 1 amide bonds. The van der Waals surface area contributed by atoms with E-state index in [1.165, 1.54) is 0 Å². The Balaban J connectivity index is 1.88. The fraction of sp³-hybridized carbons (Fsp3) is 0.261. The second-order valence-corrected chi connectivity index (χ2v) is 6.62. The number of unbranched alkanes of at least 4 members (excludes halogenated alkanes) is 2. The Morgan fingerprint density at radius 2 is 1.96 bits per heavy atom. The quantitative estimate of drug-likeness (QED) is 0.643. The molecule has 1 N–H and O–H groups in total. The number of benzodiazepines with no additional fused rings is 1. The first-order valence-electron chi connectivity index (χ1n) is 9.28. The number of fused-ring (bicyclic) bond motifs is 1. The minimum absolute atomic E-state index is 0.0514. The second kappa shape index (κ2) is 9.01. The smallest absolute Gasteiger partial charge is 0.303 e. The van der Waals surface area contributed by atoms with E-state index in [9.17, 15) is 9.59 Å². The highest BCUT2D eigenvalue weighted by atomic mass is 16.4. The highest BCUT2D eigenvalue weighted by Gasteiger charge is 2.22. The molecule has 5 heteroatoms. The summed E-state index contributed by atoms with van der Waals surface area (Å²) < 4.78 is 0. The number of carbonyl (C=O) groups excluding carboxylic acids is 1. The van der Waals surface area contributed by atoms with Gasteiger partial charge in [0.1, 0.15) is 6.54 Å². The number of nitrogens with zero attached hydrogens (tertiary/aromatic N) is 2. The maximum atomic E-state index is 12.3. The van der Waals surface area contributed by atoms with Crippen LogP contribution in [-0.4, -0.2) is 36.3 Å². The number of anilines is 1. The van der Waals surface area contributed by atoms with E-state index in [4.69, 9.17) is 5.11 Å². The number of likely N-dealkylation sites (N-methyl/N-ethyl adjacent to an activating group) is 1. The number of carboxylic acid groups (broad SMARTS) is 1. The highest BCUT2D eigenvalue weighted by molar-refractivity contribution is 6.19.